The van der Waals surface area contributed by atoms with Crippen molar-refractivity contribution in [2.45, 2.75) is 19.3 Å². The van der Waals surface area contributed by atoms with Crippen molar-refractivity contribution in [2.75, 3.05) is 18.6 Å². The number of nitrogens with zero attached hydrogens (tertiary/aromatic N) is 1. The number of methoxy groups -OCH3 is 1. The Hall–Kier alpha value is -1.56. The van der Waals surface area contributed by atoms with Crippen molar-refractivity contribution in [3.8, 4) is 5.75 Å². The molecular formula is C14H17NO4S. The summed E-state index contributed by atoms with van der Waals surface area (Å²) in [5.41, 5.74) is 0.244. The number of Topliss-reactive ketones (excluding diaryl/α,β-unsaturated/α-hetero) is 1. The van der Waals surface area contributed by atoms with Crippen LogP contribution in [0.2, 0.25) is 0 Å². The van der Waals surface area contributed by atoms with Crippen molar-refractivity contribution in [3.05, 3.63) is 33.9 Å². The summed E-state index contributed by atoms with van der Waals surface area (Å²) in [5.74, 6) is 2.76. The smallest absolute Gasteiger partial charge is 0.311 e. The molecule has 0 saturated carbocycles. The lowest BCUT2D eigenvalue weighted by molar-refractivity contribution is -0.385. The predicted octanol–water partition coefficient (Wildman–Crippen LogP) is 3.32. The number of hydrogen-bond acceptors (Lipinski definition) is 5. The van der Waals surface area contributed by atoms with E-state index in [1.165, 1.54) is 19.2 Å². The van der Waals surface area contributed by atoms with E-state index in [2.05, 4.69) is 0 Å². The van der Waals surface area contributed by atoms with Gasteiger partial charge in [0.15, 0.2) is 11.5 Å². The molecule has 0 N–H and O–H groups in total. The molecule has 1 aromatic carbocycles. The van der Waals surface area contributed by atoms with Crippen molar-refractivity contribution in [2.24, 2.45) is 5.92 Å². The first-order valence-corrected chi connectivity index (χ1v) is 7.70. The first-order chi connectivity index (χ1) is 9.61. The first kappa shape index (κ1) is 14.8. The van der Waals surface area contributed by atoms with Crippen LogP contribution in [0.5, 0.6) is 5.75 Å². The van der Waals surface area contributed by atoms with Gasteiger partial charge in [-0.25, -0.2) is 0 Å². The van der Waals surface area contributed by atoms with Crippen molar-refractivity contribution < 1.29 is 14.5 Å². The quantitative estimate of drug-likeness (QED) is 0.473. The summed E-state index contributed by atoms with van der Waals surface area (Å²) in [6.07, 6.45) is 2.58. The number of nitro benzene ring substituents is 1. The molecule has 0 spiro atoms. The second-order valence-corrected chi connectivity index (χ2v) is 6.05. The Morgan fingerprint density at radius 3 is 2.75 bits per heavy atom. The van der Waals surface area contributed by atoms with Crippen LogP contribution in [0.4, 0.5) is 5.69 Å². The molecule has 1 aromatic rings. The van der Waals surface area contributed by atoms with Crippen LogP contribution < -0.4 is 4.74 Å². The summed E-state index contributed by atoms with van der Waals surface area (Å²) in [5, 5.41) is 11.0. The summed E-state index contributed by atoms with van der Waals surface area (Å²) in [4.78, 5) is 22.7. The summed E-state index contributed by atoms with van der Waals surface area (Å²) >= 11 is 1.92. The highest BCUT2D eigenvalue weighted by atomic mass is 32.2. The second kappa shape index (κ2) is 6.74. The number of rotatable bonds is 5. The molecule has 1 heterocycles. The molecular weight excluding hydrogens is 278 g/mol. The number of benzene rings is 1. The maximum atomic E-state index is 12.2. The Kier molecular flexibility index (Phi) is 5.00. The molecule has 1 aliphatic rings. The summed E-state index contributed by atoms with van der Waals surface area (Å²) in [6.45, 7) is 0. The van der Waals surface area contributed by atoms with Crippen LogP contribution >= 0.6 is 11.8 Å². The van der Waals surface area contributed by atoms with E-state index in [4.69, 9.17) is 4.74 Å². The lowest BCUT2D eigenvalue weighted by atomic mass is 9.93. The zero-order chi connectivity index (χ0) is 14.5. The molecule has 0 unspecified atom stereocenters. The number of hydrogen-bond donors (Lipinski definition) is 0. The second-order valence-electron chi connectivity index (χ2n) is 4.83. The predicted molar refractivity (Wildman–Crippen MR) is 78.6 cm³/mol. The van der Waals surface area contributed by atoms with Gasteiger partial charge in [0.1, 0.15) is 0 Å². The highest BCUT2D eigenvalue weighted by Crippen LogP contribution is 2.30. The van der Waals surface area contributed by atoms with Crippen molar-refractivity contribution in [1.82, 2.24) is 0 Å². The Bertz CT molecular complexity index is 512. The Morgan fingerprint density at radius 1 is 1.45 bits per heavy atom. The van der Waals surface area contributed by atoms with E-state index < -0.39 is 4.92 Å². The van der Waals surface area contributed by atoms with Gasteiger partial charge in [0.25, 0.3) is 0 Å². The molecule has 0 aromatic heterocycles. The van der Waals surface area contributed by atoms with Gasteiger partial charge in [0, 0.05) is 18.1 Å². The van der Waals surface area contributed by atoms with E-state index >= 15 is 0 Å². The van der Waals surface area contributed by atoms with Crippen LogP contribution in [-0.4, -0.2) is 29.3 Å². The molecule has 108 valence electrons. The molecule has 0 aliphatic carbocycles. The molecule has 0 atom stereocenters. The number of ketones is 1. The third-order valence-corrected chi connectivity index (χ3v) is 4.56. The van der Waals surface area contributed by atoms with Gasteiger partial charge in [-0.3, -0.25) is 14.9 Å². The van der Waals surface area contributed by atoms with Gasteiger partial charge >= 0.3 is 5.69 Å². The third kappa shape index (κ3) is 3.50. The topological polar surface area (TPSA) is 69.4 Å². The molecule has 0 bridgehead atoms. The van der Waals surface area contributed by atoms with Crippen LogP contribution in [0.25, 0.3) is 0 Å². The Morgan fingerprint density at radius 2 is 2.15 bits per heavy atom. The molecule has 5 nitrogen and oxygen atoms in total. The minimum Gasteiger partial charge on any atom is -0.490 e. The largest absolute Gasteiger partial charge is 0.490 e. The van der Waals surface area contributed by atoms with E-state index in [-0.39, 0.29) is 17.2 Å². The molecule has 6 heteroatoms. The minimum absolute atomic E-state index is 0.0207. The van der Waals surface area contributed by atoms with Gasteiger partial charge in [-0.1, -0.05) is 0 Å². The van der Waals surface area contributed by atoms with Crippen LogP contribution in [0.15, 0.2) is 18.2 Å². The Labute approximate surface area is 121 Å². The number of thioether (sulfide) groups is 1. The SMILES string of the molecule is COc1ccc(C(=O)CC2CCSCC2)cc1[N+](=O)[O-]. The Balaban J connectivity index is 2.13. The van der Waals surface area contributed by atoms with E-state index in [0.29, 0.717) is 17.9 Å². The van der Waals surface area contributed by atoms with Gasteiger partial charge in [0.2, 0.25) is 0 Å². The fourth-order valence-corrected chi connectivity index (χ4v) is 3.54. The molecule has 1 saturated heterocycles. The van der Waals surface area contributed by atoms with Gasteiger partial charge in [-0.05, 0) is 42.4 Å². The monoisotopic (exact) mass is 295 g/mol. The van der Waals surface area contributed by atoms with Gasteiger partial charge in [-0.15, -0.1) is 0 Å². The number of carbonyl (C=O) groups excluding carboxylic acids is 1. The third-order valence-electron chi connectivity index (χ3n) is 3.51. The van der Waals surface area contributed by atoms with E-state index in [0.717, 1.165) is 24.3 Å². The molecule has 2 rings (SSSR count). The maximum absolute atomic E-state index is 12.2. The van der Waals surface area contributed by atoms with Crippen LogP contribution in [0.1, 0.15) is 29.6 Å². The zero-order valence-electron chi connectivity index (χ0n) is 11.3. The standard InChI is InChI=1S/C14H17NO4S/c1-19-14-3-2-11(9-12(14)15(17)18)13(16)8-10-4-6-20-7-5-10/h2-3,9-10H,4-8H2,1H3. The van der Waals surface area contributed by atoms with Crippen LogP contribution in [0, 0.1) is 16.0 Å². The first-order valence-electron chi connectivity index (χ1n) is 6.55. The number of nitro groups is 1. The van der Waals surface area contributed by atoms with Crippen LogP contribution in [-0.2, 0) is 0 Å². The van der Waals surface area contributed by atoms with Gasteiger partial charge in [0.05, 0.1) is 12.0 Å². The van der Waals surface area contributed by atoms with Gasteiger partial charge in [-0.2, -0.15) is 11.8 Å². The van der Waals surface area contributed by atoms with Crippen LogP contribution in [0.3, 0.4) is 0 Å². The molecule has 1 aliphatic heterocycles. The van der Waals surface area contributed by atoms with Crippen molar-refractivity contribution >= 4 is 23.2 Å². The summed E-state index contributed by atoms with van der Waals surface area (Å²) in [7, 11) is 1.38. The lowest BCUT2D eigenvalue weighted by Crippen LogP contribution is -2.14. The number of ether oxygens (including phenoxy) is 1. The minimum atomic E-state index is -0.521. The van der Waals surface area contributed by atoms with Crippen molar-refractivity contribution in [3.63, 3.8) is 0 Å². The fourth-order valence-electron chi connectivity index (χ4n) is 2.34. The molecule has 0 amide bonds. The van der Waals surface area contributed by atoms with E-state index in [9.17, 15) is 14.9 Å². The molecule has 20 heavy (non-hydrogen) atoms. The number of carbonyl (C=O) groups is 1. The average Bonchev–Trinajstić information content (AvgIpc) is 2.47. The fraction of sp³-hybridized carbons (Fsp3) is 0.500. The molecule has 0 radical (unpaired) electrons. The maximum Gasteiger partial charge on any atom is 0.311 e. The lowest BCUT2D eigenvalue weighted by Gasteiger charge is -2.20. The highest BCUT2D eigenvalue weighted by Gasteiger charge is 2.21. The summed E-state index contributed by atoms with van der Waals surface area (Å²) < 4.78 is 4.94. The highest BCUT2D eigenvalue weighted by molar-refractivity contribution is 7.99. The molecule has 1 fully saturated rings. The van der Waals surface area contributed by atoms with E-state index in [1.807, 2.05) is 11.8 Å². The zero-order valence-corrected chi connectivity index (χ0v) is 12.1. The van der Waals surface area contributed by atoms with E-state index in [1.54, 1.807) is 6.07 Å². The van der Waals surface area contributed by atoms with Crippen molar-refractivity contribution in [1.29, 1.82) is 0 Å². The summed E-state index contributed by atoms with van der Waals surface area (Å²) in [6, 6.07) is 4.41. The average molecular weight is 295 g/mol. The van der Waals surface area contributed by atoms with Gasteiger partial charge < -0.3 is 4.74 Å². The normalized spacial score (nSPS) is 15.8.